The monoisotopic (exact) mass is 382 g/mol. The molecule has 148 valence electrons. The Morgan fingerprint density at radius 1 is 0.857 bits per heavy atom. The molecule has 0 aliphatic carbocycles. The van der Waals surface area contributed by atoms with Crippen LogP contribution in [0.5, 0.6) is 0 Å². The largest absolute Gasteiger partial charge is 0.378 e. The smallest absolute Gasteiger partial charge is 0.226 e. The van der Waals surface area contributed by atoms with Crippen molar-refractivity contribution in [2.75, 3.05) is 41.1 Å². The van der Waals surface area contributed by atoms with Crippen LogP contribution in [0.2, 0.25) is 0 Å². The van der Waals surface area contributed by atoms with Gasteiger partial charge in [0, 0.05) is 63.7 Å². The van der Waals surface area contributed by atoms with Gasteiger partial charge in [0.25, 0.3) is 0 Å². The summed E-state index contributed by atoms with van der Waals surface area (Å²) >= 11 is 0. The third-order valence-corrected chi connectivity index (χ3v) is 4.09. The number of benzene rings is 2. The predicted molar refractivity (Wildman–Crippen MR) is 113 cm³/mol. The summed E-state index contributed by atoms with van der Waals surface area (Å²) < 4.78 is 0. The van der Waals surface area contributed by atoms with E-state index >= 15 is 0 Å². The van der Waals surface area contributed by atoms with Gasteiger partial charge in [-0.25, -0.2) is 0 Å². The standard InChI is InChI=1S/C21H26N4O3/c1-15(26)22-18-6-5-7-20(14-18)25(16(2)27)13-12-21(28)23-17-8-10-19(11-9-17)24(3)4/h5-11,14H,12-13H2,1-4H3,(H,22,26)(H,23,28). The molecule has 0 atom stereocenters. The second-order valence-corrected chi connectivity index (χ2v) is 6.64. The van der Waals surface area contributed by atoms with E-state index in [2.05, 4.69) is 10.6 Å². The number of nitrogens with zero attached hydrogens (tertiary/aromatic N) is 2. The summed E-state index contributed by atoms with van der Waals surface area (Å²) in [5.74, 6) is -0.545. The Bertz CT molecular complexity index is 847. The maximum Gasteiger partial charge on any atom is 0.226 e. The van der Waals surface area contributed by atoms with Crippen molar-refractivity contribution in [2.24, 2.45) is 0 Å². The van der Waals surface area contributed by atoms with Gasteiger partial charge in [0.15, 0.2) is 0 Å². The zero-order chi connectivity index (χ0) is 20.7. The van der Waals surface area contributed by atoms with Crippen LogP contribution in [0, 0.1) is 0 Å². The molecule has 0 unspecified atom stereocenters. The van der Waals surface area contributed by atoms with E-state index in [1.807, 2.05) is 43.3 Å². The summed E-state index contributed by atoms with van der Waals surface area (Å²) in [6, 6.07) is 14.5. The fourth-order valence-corrected chi connectivity index (χ4v) is 2.70. The predicted octanol–water partition coefficient (Wildman–Crippen LogP) is 3.09. The third kappa shape index (κ3) is 6.12. The first-order valence-electron chi connectivity index (χ1n) is 8.99. The van der Waals surface area contributed by atoms with Crippen LogP contribution in [-0.4, -0.2) is 38.4 Å². The molecule has 2 aromatic carbocycles. The van der Waals surface area contributed by atoms with Crippen molar-refractivity contribution in [1.29, 1.82) is 0 Å². The van der Waals surface area contributed by atoms with E-state index in [0.29, 0.717) is 17.1 Å². The number of carbonyl (C=O) groups is 3. The molecule has 0 heterocycles. The van der Waals surface area contributed by atoms with Crippen molar-refractivity contribution in [1.82, 2.24) is 0 Å². The van der Waals surface area contributed by atoms with E-state index < -0.39 is 0 Å². The zero-order valence-corrected chi connectivity index (χ0v) is 16.7. The maximum absolute atomic E-state index is 12.3. The average Bonchev–Trinajstić information content (AvgIpc) is 2.61. The van der Waals surface area contributed by atoms with E-state index in [-0.39, 0.29) is 30.7 Å². The summed E-state index contributed by atoms with van der Waals surface area (Å²) in [5, 5.41) is 5.53. The van der Waals surface area contributed by atoms with Crippen LogP contribution in [0.3, 0.4) is 0 Å². The summed E-state index contributed by atoms with van der Waals surface area (Å²) in [7, 11) is 3.90. The van der Waals surface area contributed by atoms with E-state index in [1.54, 1.807) is 24.3 Å². The lowest BCUT2D eigenvalue weighted by molar-refractivity contribution is -0.117. The normalized spacial score (nSPS) is 10.1. The highest BCUT2D eigenvalue weighted by molar-refractivity contribution is 5.96. The molecule has 0 bridgehead atoms. The first-order chi connectivity index (χ1) is 13.3. The van der Waals surface area contributed by atoms with Gasteiger partial charge in [0.2, 0.25) is 17.7 Å². The van der Waals surface area contributed by atoms with Crippen LogP contribution < -0.4 is 20.4 Å². The Kier molecular flexibility index (Phi) is 7.14. The van der Waals surface area contributed by atoms with Gasteiger partial charge >= 0.3 is 0 Å². The van der Waals surface area contributed by atoms with Crippen molar-refractivity contribution < 1.29 is 14.4 Å². The zero-order valence-electron chi connectivity index (χ0n) is 16.7. The minimum Gasteiger partial charge on any atom is -0.378 e. The Labute approximate surface area is 165 Å². The maximum atomic E-state index is 12.3. The Morgan fingerprint density at radius 3 is 2.11 bits per heavy atom. The minimum atomic E-state index is -0.189. The number of hydrogen-bond acceptors (Lipinski definition) is 4. The molecule has 0 saturated heterocycles. The Balaban J connectivity index is 2.00. The summed E-state index contributed by atoms with van der Waals surface area (Å²) in [6.45, 7) is 3.11. The Hall–Kier alpha value is -3.35. The number of anilines is 4. The van der Waals surface area contributed by atoms with E-state index in [4.69, 9.17) is 0 Å². The molecule has 0 aromatic heterocycles. The first-order valence-corrected chi connectivity index (χ1v) is 8.99. The van der Waals surface area contributed by atoms with Gasteiger partial charge in [-0.05, 0) is 42.5 Å². The van der Waals surface area contributed by atoms with Crippen LogP contribution in [-0.2, 0) is 14.4 Å². The van der Waals surface area contributed by atoms with Gasteiger partial charge in [0.05, 0.1) is 0 Å². The summed E-state index contributed by atoms with van der Waals surface area (Å²) in [4.78, 5) is 39.1. The van der Waals surface area contributed by atoms with Crippen molar-refractivity contribution in [3.05, 3.63) is 48.5 Å². The van der Waals surface area contributed by atoms with Gasteiger partial charge in [0.1, 0.15) is 0 Å². The van der Waals surface area contributed by atoms with Crippen molar-refractivity contribution in [3.63, 3.8) is 0 Å². The molecule has 0 saturated carbocycles. The third-order valence-electron chi connectivity index (χ3n) is 4.09. The molecule has 3 amide bonds. The average molecular weight is 382 g/mol. The molecular formula is C21H26N4O3. The highest BCUT2D eigenvalue weighted by atomic mass is 16.2. The second kappa shape index (κ2) is 9.55. The molecule has 7 heteroatoms. The summed E-state index contributed by atoms with van der Waals surface area (Å²) in [6.07, 6.45) is 0.152. The molecule has 28 heavy (non-hydrogen) atoms. The minimum absolute atomic E-state index is 0.152. The van der Waals surface area contributed by atoms with E-state index in [0.717, 1.165) is 5.69 Å². The quantitative estimate of drug-likeness (QED) is 0.771. The number of nitrogens with one attached hydrogen (secondary N) is 2. The van der Waals surface area contributed by atoms with E-state index in [1.165, 1.54) is 18.7 Å². The van der Waals surface area contributed by atoms with Gasteiger partial charge in [-0.15, -0.1) is 0 Å². The number of amides is 3. The lowest BCUT2D eigenvalue weighted by atomic mass is 10.2. The Morgan fingerprint density at radius 2 is 1.54 bits per heavy atom. The molecule has 2 aromatic rings. The lowest BCUT2D eigenvalue weighted by Crippen LogP contribution is -2.32. The van der Waals surface area contributed by atoms with Crippen LogP contribution in [0.1, 0.15) is 20.3 Å². The van der Waals surface area contributed by atoms with Crippen molar-refractivity contribution >= 4 is 40.5 Å². The molecule has 2 N–H and O–H groups in total. The molecule has 0 spiro atoms. The van der Waals surface area contributed by atoms with Gasteiger partial charge < -0.3 is 20.4 Å². The van der Waals surface area contributed by atoms with Crippen LogP contribution in [0.4, 0.5) is 22.7 Å². The molecule has 7 nitrogen and oxygen atoms in total. The lowest BCUT2D eigenvalue weighted by Gasteiger charge is -2.21. The highest BCUT2D eigenvalue weighted by Crippen LogP contribution is 2.21. The molecule has 2 rings (SSSR count). The molecular weight excluding hydrogens is 356 g/mol. The van der Waals surface area contributed by atoms with Crippen LogP contribution in [0.15, 0.2) is 48.5 Å². The van der Waals surface area contributed by atoms with Crippen LogP contribution >= 0.6 is 0 Å². The number of hydrogen-bond donors (Lipinski definition) is 2. The van der Waals surface area contributed by atoms with E-state index in [9.17, 15) is 14.4 Å². The summed E-state index contributed by atoms with van der Waals surface area (Å²) in [5.41, 5.74) is 2.97. The SMILES string of the molecule is CC(=O)Nc1cccc(N(CCC(=O)Nc2ccc(N(C)C)cc2)C(C)=O)c1. The first kappa shape index (κ1) is 21.0. The number of rotatable bonds is 7. The molecule has 0 radical (unpaired) electrons. The number of carbonyl (C=O) groups excluding carboxylic acids is 3. The van der Waals surface area contributed by atoms with Crippen molar-refractivity contribution in [2.45, 2.75) is 20.3 Å². The molecule has 0 aliphatic rings. The highest BCUT2D eigenvalue weighted by Gasteiger charge is 2.14. The molecule has 0 aliphatic heterocycles. The van der Waals surface area contributed by atoms with Crippen LogP contribution in [0.25, 0.3) is 0 Å². The van der Waals surface area contributed by atoms with Gasteiger partial charge in [-0.1, -0.05) is 6.07 Å². The van der Waals surface area contributed by atoms with Gasteiger partial charge in [-0.3, -0.25) is 14.4 Å². The molecule has 0 fully saturated rings. The fraction of sp³-hybridized carbons (Fsp3) is 0.286. The van der Waals surface area contributed by atoms with Gasteiger partial charge in [-0.2, -0.15) is 0 Å². The topological polar surface area (TPSA) is 81.8 Å². The van der Waals surface area contributed by atoms with Crippen molar-refractivity contribution in [3.8, 4) is 0 Å². The second-order valence-electron chi connectivity index (χ2n) is 6.64. The fourth-order valence-electron chi connectivity index (χ4n) is 2.70.